The quantitative estimate of drug-likeness (QED) is 0.836. The number of nitrogens with two attached hydrogens (primary N) is 1. The first-order valence-corrected chi connectivity index (χ1v) is 6.83. The average Bonchev–Trinajstić information content (AvgIpc) is 2.22. The second kappa shape index (κ2) is 5.77. The molecule has 0 bridgehead atoms. The van der Waals surface area contributed by atoms with Gasteiger partial charge in [0.15, 0.2) is 0 Å². The number of nitrogens with zero attached hydrogens (tertiary/aromatic N) is 3. The van der Waals surface area contributed by atoms with Crippen LogP contribution in [-0.2, 0) is 0 Å². The fourth-order valence-corrected chi connectivity index (χ4v) is 2.55. The molecule has 0 amide bonds. The Labute approximate surface area is 110 Å². The van der Waals surface area contributed by atoms with E-state index in [0.717, 1.165) is 28.9 Å². The molecule has 88 valence electrons. The van der Waals surface area contributed by atoms with Gasteiger partial charge in [0, 0.05) is 18.8 Å². The Morgan fingerprint density at radius 3 is 2.88 bits per heavy atom. The minimum absolute atomic E-state index is 0.662. The smallest absolute Gasteiger partial charge is 0.145 e. The molecule has 2 rings (SSSR count). The number of anilines is 1. The maximum Gasteiger partial charge on any atom is 0.145 e. The molecule has 0 aromatic carbocycles. The average molecular weight is 332 g/mol. The van der Waals surface area contributed by atoms with Crippen LogP contribution in [0.3, 0.4) is 0 Å². The van der Waals surface area contributed by atoms with E-state index in [9.17, 15) is 0 Å². The standard InChI is InChI=1S/C11H17IN4/c12-10-7-14-8-15-11(10)16(6-2-5-13)9-3-1-4-9/h7-9H,1-6,13H2. The monoisotopic (exact) mass is 332 g/mol. The third-order valence-electron chi connectivity index (χ3n) is 3.04. The Bertz CT molecular complexity index is 341. The van der Waals surface area contributed by atoms with Gasteiger partial charge in [0.05, 0.1) is 3.57 Å². The van der Waals surface area contributed by atoms with E-state index in [-0.39, 0.29) is 0 Å². The van der Waals surface area contributed by atoms with Gasteiger partial charge in [-0.1, -0.05) is 0 Å². The summed E-state index contributed by atoms with van der Waals surface area (Å²) in [7, 11) is 0. The molecule has 1 heterocycles. The minimum atomic E-state index is 0.662. The molecular weight excluding hydrogens is 315 g/mol. The lowest BCUT2D eigenvalue weighted by Crippen LogP contribution is -2.42. The van der Waals surface area contributed by atoms with Crippen LogP contribution >= 0.6 is 22.6 Å². The maximum absolute atomic E-state index is 5.59. The Morgan fingerprint density at radius 2 is 2.31 bits per heavy atom. The molecule has 1 fully saturated rings. The molecule has 5 heteroatoms. The number of aromatic nitrogens is 2. The highest BCUT2D eigenvalue weighted by atomic mass is 127. The number of hydrogen-bond acceptors (Lipinski definition) is 4. The number of rotatable bonds is 5. The third kappa shape index (κ3) is 2.63. The lowest BCUT2D eigenvalue weighted by Gasteiger charge is -2.38. The van der Waals surface area contributed by atoms with Crippen LogP contribution in [0.4, 0.5) is 5.82 Å². The van der Waals surface area contributed by atoms with Crippen molar-refractivity contribution in [2.75, 3.05) is 18.0 Å². The van der Waals surface area contributed by atoms with Crippen LogP contribution in [0.2, 0.25) is 0 Å². The van der Waals surface area contributed by atoms with E-state index in [4.69, 9.17) is 5.73 Å². The van der Waals surface area contributed by atoms with E-state index in [0.29, 0.717) is 6.04 Å². The zero-order valence-electron chi connectivity index (χ0n) is 9.27. The van der Waals surface area contributed by atoms with Crippen LogP contribution in [0.5, 0.6) is 0 Å². The van der Waals surface area contributed by atoms with Gasteiger partial charge in [-0.15, -0.1) is 0 Å². The fourth-order valence-electron chi connectivity index (χ4n) is 1.94. The Balaban J connectivity index is 2.13. The van der Waals surface area contributed by atoms with Crippen LogP contribution < -0.4 is 10.6 Å². The first-order chi connectivity index (χ1) is 7.83. The fraction of sp³-hybridized carbons (Fsp3) is 0.636. The van der Waals surface area contributed by atoms with Crippen molar-refractivity contribution in [3.05, 3.63) is 16.1 Å². The summed E-state index contributed by atoms with van der Waals surface area (Å²) in [6, 6.07) is 0.662. The molecule has 16 heavy (non-hydrogen) atoms. The van der Waals surface area contributed by atoms with Crippen LogP contribution in [0, 0.1) is 3.57 Å². The van der Waals surface area contributed by atoms with Crippen molar-refractivity contribution < 1.29 is 0 Å². The summed E-state index contributed by atoms with van der Waals surface area (Å²) in [5, 5.41) is 0. The molecule has 0 atom stereocenters. The largest absolute Gasteiger partial charge is 0.353 e. The summed E-state index contributed by atoms with van der Waals surface area (Å²) in [4.78, 5) is 10.8. The Hall–Kier alpha value is -0.430. The summed E-state index contributed by atoms with van der Waals surface area (Å²) in [6.07, 6.45) is 8.43. The van der Waals surface area contributed by atoms with Crippen LogP contribution in [0.15, 0.2) is 12.5 Å². The van der Waals surface area contributed by atoms with Gasteiger partial charge < -0.3 is 10.6 Å². The Kier molecular flexibility index (Phi) is 4.34. The van der Waals surface area contributed by atoms with Crippen molar-refractivity contribution in [1.29, 1.82) is 0 Å². The second-order valence-corrected chi connectivity index (χ2v) is 5.28. The Morgan fingerprint density at radius 1 is 1.50 bits per heavy atom. The van der Waals surface area contributed by atoms with E-state index in [1.165, 1.54) is 19.3 Å². The van der Waals surface area contributed by atoms with Crippen molar-refractivity contribution in [3.8, 4) is 0 Å². The summed E-state index contributed by atoms with van der Waals surface area (Å²) < 4.78 is 1.13. The van der Waals surface area contributed by atoms with Crippen molar-refractivity contribution in [1.82, 2.24) is 9.97 Å². The molecular formula is C11H17IN4. The van der Waals surface area contributed by atoms with Gasteiger partial charge in [-0.3, -0.25) is 0 Å². The van der Waals surface area contributed by atoms with Crippen molar-refractivity contribution >= 4 is 28.4 Å². The topological polar surface area (TPSA) is 55.0 Å². The van der Waals surface area contributed by atoms with Gasteiger partial charge in [0.1, 0.15) is 12.1 Å². The summed E-state index contributed by atoms with van der Waals surface area (Å²) >= 11 is 2.30. The zero-order chi connectivity index (χ0) is 11.4. The van der Waals surface area contributed by atoms with E-state index in [2.05, 4.69) is 37.5 Å². The molecule has 1 aliphatic rings. The molecule has 1 aromatic heterocycles. The predicted octanol–water partition coefficient (Wildman–Crippen LogP) is 1.79. The SMILES string of the molecule is NCCCN(c1ncncc1I)C1CCC1. The summed E-state index contributed by atoms with van der Waals surface area (Å²) in [5.74, 6) is 1.08. The molecule has 0 radical (unpaired) electrons. The normalized spacial score (nSPS) is 15.9. The zero-order valence-corrected chi connectivity index (χ0v) is 11.4. The molecule has 2 N–H and O–H groups in total. The maximum atomic E-state index is 5.59. The van der Waals surface area contributed by atoms with E-state index in [1.807, 2.05) is 6.20 Å². The number of halogens is 1. The minimum Gasteiger partial charge on any atom is -0.353 e. The highest BCUT2D eigenvalue weighted by Crippen LogP contribution is 2.30. The van der Waals surface area contributed by atoms with Gasteiger partial charge in [-0.2, -0.15) is 0 Å². The van der Waals surface area contributed by atoms with E-state index in [1.54, 1.807) is 6.33 Å². The lowest BCUT2D eigenvalue weighted by molar-refractivity contribution is 0.382. The molecule has 0 spiro atoms. The van der Waals surface area contributed by atoms with E-state index < -0.39 is 0 Å². The van der Waals surface area contributed by atoms with Gasteiger partial charge >= 0.3 is 0 Å². The molecule has 4 nitrogen and oxygen atoms in total. The summed E-state index contributed by atoms with van der Waals surface area (Å²) in [5.41, 5.74) is 5.59. The third-order valence-corrected chi connectivity index (χ3v) is 3.80. The lowest BCUT2D eigenvalue weighted by atomic mass is 9.91. The van der Waals surface area contributed by atoms with Gasteiger partial charge in [0.25, 0.3) is 0 Å². The highest BCUT2D eigenvalue weighted by molar-refractivity contribution is 14.1. The molecule has 0 saturated heterocycles. The predicted molar refractivity (Wildman–Crippen MR) is 73.4 cm³/mol. The molecule has 1 aromatic rings. The number of hydrogen-bond donors (Lipinski definition) is 1. The van der Waals surface area contributed by atoms with Crippen molar-refractivity contribution in [3.63, 3.8) is 0 Å². The molecule has 0 unspecified atom stereocenters. The van der Waals surface area contributed by atoms with Crippen LogP contribution in [-0.4, -0.2) is 29.1 Å². The molecule has 1 aliphatic carbocycles. The van der Waals surface area contributed by atoms with E-state index >= 15 is 0 Å². The molecule has 0 aliphatic heterocycles. The van der Waals surface area contributed by atoms with Crippen molar-refractivity contribution in [2.45, 2.75) is 31.7 Å². The van der Waals surface area contributed by atoms with Crippen molar-refractivity contribution in [2.24, 2.45) is 5.73 Å². The van der Waals surface area contributed by atoms with Gasteiger partial charge in [-0.05, 0) is 54.8 Å². The van der Waals surface area contributed by atoms with Crippen LogP contribution in [0.25, 0.3) is 0 Å². The first-order valence-electron chi connectivity index (χ1n) is 5.75. The first kappa shape index (κ1) is 12.0. The van der Waals surface area contributed by atoms with Crippen LogP contribution in [0.1, 0.15) is 25.7 Å². The second-order valence-electron chi connectivity index (χ2n) is 4.11. The molecule has 1 saturated carbocycles. The van der Waals surface area contributed by atoms with Gasteiger partial charge in [-0.25, -0.2) is 9.97 Å². The van der Waals surface area contributed by atoms with Gasteiger partial charge in [0.2, 0.25) is 0 Å². The highest BCUT2D eigenvalue weighted by Gasteiger charge is 2.26. The summed E-state index contributed by atoms with van der Waals surface area (Å²) in [6.45, 7) is 1.75.